The van der Waals surface area contributed by atoms with Gasteiger partial charge in [0.05, 0.1) is 36.9 Å². The smallest absolute Gasteiger partial charge is 0.349 e. The molecule has 610 valence electrons. The molecule has 0 amide bonds. The first-order chi connectivity index (χ1) is 53.2. The average Bonchev–Trinajstić information content (AvgIpc) is 1.61. The number of nitrogens with zero attached hydrogens (tertiary/aromatic N) is 2. The fraction of sp³-hybridized carbons (Fsp3) is 0.625. The summed E-state index contributed by atoms with van der Waals surface area (Å²) >= 11 is 0. The summed E-state index contributed by atoms with van der Waals surface area (Å²) in [7, 11) is 0. The Bertz CT molecular complexity index is 3400. The van der Waals surface area contributed by atoms with Gasteiger partial charge in [-0.2, -0.15) is 10.5 Å². The van der Waals surface area contributed by atoms with Crippen molar-refractivity contribution in [1.82, 2.24) is 0 Å². The Morgan fingerprint density at radius 3 is 0.927 bits per heavy atom. The SMILES string of the molecule is CC.CC.CC.CC.CCCCCCCCCCCCCCCCC(C)CC(C(=O)OCC(C)(C)COC(=O)C(C#N)=C1c2ccccc2-c2ccccc21)C(C(=O)O)C(CCCCCCCCCCCCCCCC)CC(C(=O)O)C(C)C(=O)OCC(C)(C)COC(=O)C(C#N)=C1c2ccccc2-c2ccccc21. The fourth-order valence-corrected chi connectivity index (χ4v) is 14.9. The Morgan fingerprint density at radius 1 is 0.364 bits per heavy atom. The van der Waals surface area contributed by atoms with Crippen molar-refractivity contribution in [3.63, 3.8) is 0 Å². The largest absolute Gasteiger partial charge is 0.481 e. The van der Waals surface area contributed by atoms with E-state index in [1.807, 2.05) is 159 Å². The third-order valence-corrected chi connectivity index (χ3v) is 20.9. The molecule has 6 rings (SSSR count). The van der Waals surface area contributed by atoms with E-state index in [4.69, 9.17) is 18.9 Å². The van der Waals surface area contributed by atoms with Crippen LogP contribution in [0.15, 0.2) is 108 Å². The number of carboxylic acid groups (broad SMARTS) is 2. The zero-order valence-electron chi connectivity index (χ0n) is 71.0. The van der Waals surface area contributed by atoms with Gasteiger partial charge in [0, 0.05) is 22.0 Å². The fourth-order valence-electron chi connectivity index (χ4n) is 14.9. The number of esters is 4. The second kappa shape index (κ2) is 56.4. The number of hydrogen-bond acceptors (Lipinski definition) is 12. The summed E-state index contributed by atoms with van der Waals surface area (Å²) < 4.78 is 23.8. The molecule has 6 atom stereocenters. The maximum atomic E-state index is 15.2. The van der Waals surface area contributed by atoms with Gasteiger partial charge in [0.15, 0.2) is 0 Å². The molecule has 14 heteroatoms. The molecular weight excluding hydrogens is 1370 g/mol. The summed E-state index contributed by atoms with van der Waals surface area (Å²) in [5.74, 6) is -12.1. The third kappa shape index (κ3) is 33.2. The topological polar surface area (TPSA) is 227 Å². The molecule has 4 aromatic carbocycles. The highest BCUT2D eigenvalue weighted by molar-refractivity contribution is 6.13. The summed E-state index contributed by atoms with van der Waals surface area (Å²) in [6.07, 6.45) is 33.4. The van der Waals surface area contributed by atoms with E-state index in [0.717, 1.165) is 109 Å². The van der Waals surface area contributed by atoms with Crippen molar-refractivity contribution in [2.45, 2.75) is 316 Å². The van der Waals surface area contributed by atoms with E-state index in [0.29, 0.717) is 17.6 Å². The molecule has 0 heterocycles. The number of aliphatic carboxylic acids is 2. The van der Waals surface area contributed by atoms with Gasteiger partial charge in [0.25, 0.3) is 0 Å². The Labute approximate surface area is 665 Å². The van der Waals surface area contributed by atoms with Crippen molar-refractivity contribution in [3.8, 4) is 34.4 Å². The van der Waals surface area contributed by atoms with Crippen LogP contribution in [0.25, 0.3) is 33.4 Å². The zero-order valence-corrected chi connectivity index (χ0v) is 71.0. The predicted octanol–water partition coefficient (Wildman–Crippen LogP) is 25.8. The molecule has 110 heavy (non-hydrogen) atoms. The number of nitriles is 2. The van der Waals surface area contributed by atoms with Crippen molar-refractivity contribution in [2.24, 2.45) is 46.3 Å². The van der Waals surface area contributed by atoms with Crippen LogP contribution in [0.4, 0.5) is 0 Å². The molecule has 0 aliphatic heterocycles. The number of carboxylic acids is 2. The lowest BCUT2D eigenvalue weighted by Crippen LogP contribution is -2.41. The van der Waals surface area contributed by atoms with Gasteiger partial charge < -0.3 is 29.2 Å². The normalized spacial score (nSPS) is 13.1. The molecule has 0 spiro atoms. The van der Waals surface area contributed by atoms with Crippen molar-refractivity contribution in [3.05, 3.63) is 130 Å². The minimum absolute atomic E-state index is 0.119. The molecule has 2 N–H and O–H groups in total. The van der Waals surface area contributed by atoms with Crippen LogP contribution in [-0.4, -0.2) is 72.5 Å². The molecule has 4 aromatic rings. The summed E-state index contributed by atoms with van der Waals surface area (Å²) in [4.78, 5) is 85.3. The highest BCUT2D eigenvalue weighted by atomic mass is 16.6. The highest BCUT2D eigenvalue weighted by Gasteiger charge is 2.45. The predicted molar refractivity (Wildman–Crippen MR) is 450 cm³/mol. The Morgan fingerprint density at radius 2 is 0.636 bits per heavy atom. The van der Waals surface area contributed by atoms with Crippen LogP contribution in [0.3, 0.4) is 0 Å². The number of unbranched alkanes of at least 4 members (excludes halogenated alkanes) is 26. The van der Waals surface area contributed by atoms with Gasteiger partial charge in [-0.05, 0) is 75.6 Å². The monoisotopic (exact) mass is 1520 g/mol. The molecule has 0 saturated carbocycles. The first kappa shape index (κ1) is 98.2. The molecule has 0 bridgehead atoms. The highest BCUT2D eigenvalue weighted by Crippen LogP contribution is 2.48. The third-order valence-electron chi connectivity index (χ3n) is 20.9. The van der Waals surface area contributed by atoms with Crippen LogP contribution in [0.5, 0.6) is 0 Å². The van der Waals surface area contributed by atoms with Gasteiger partial charge in [-0.1, -0.05) is 394 Å². The van der Waals surface area contributed by atoms with E-state index in [2.05, 4.69) is 26.0 Å². The number of ether oxygens (including phenoxy) is 4. The number of carbonyl (C=O) groups excluding carboxylic acids is 4. The van der Waals surface area contributed by atoms with E-state index in [1.165, 1.54) is 122 Å². The van der Waals surface area contributed by atoms with Crippen LogP contribution >= 0.6 is 0 Å². The quantitative estimate of drug-likeness (QED) is 0.0119. The van der Waals surface area contributed by atoms with Gasteiger partial charge >= 0.3 is 35.8 Å². The molecule has 0 radical (unpaired) electrons. The molecular formula is C96H144N2O12. The van der Waals surface area contributed by atoms with E-state index >= 15 is 4.79 Å². The molecule has 2 aliphatic carbocycles. The van der Waals surface area contributed by atoms with Crippen LogP contribution in [0.1, 0.15) is 338 Å². The van der Waals surface area contributed by atoms with E-state index in [-0.39, 0.29) is 62.8 Å². The van der Waals surface area contributed by atoms with Crippen molar-refractivity contribution >= 4 is 47.0 Å². The molecule has 0 fully saturated rings. The molecule has 6 unspecified atom stereocenters. The van der Waals surface area contributed by atoms with Crippen LogP contribution in [-0.2, 0) is 47.7 Å². The number of hydrogen-bond donors (Lipinski definition) is 2. The molecule has 0 saturated heterocycles. The van der Waals surface area contributed by atoms with Gasteiger partial charge in [-0.15, -0.1) is 0 Å². The van der Waals surface area contributed by atoms with Gasteiger partial charge in [-0.25, -0.2) is 9.59 Å². The molecule has 0 aromatic heterocycles. The minimum atomic E-state index is -1.42. The zero-order chi connectivity index (χ0) is 81.9. The summed E-state index contributed by atoms with van der Waals surface area (Å²) in [5, 5.41) is 43.7. The van der Waals surface area contributed by atoms with Gasteiger partial charge in [0.1, 0.15) is 36.5 Å². The molecule has 14 nitrogen and oxygen atoms in total. The van der Waals surface area contributed by atoms with E-state index in [9.17, 15) is 44.7 Å². The van der Waals surface area contributed by atoms with Gasteiger partial charge in [-0.3, -0.25) is 19.2 Å². The number of rotatable bonds is 51. The average molecular weight is 1520 g/mol. The summed E-state index contributed by atoms with van der Waals surface area (Å²) in [6, 6.07) is 34.4. The van der Waals surface area contributed by atoms with Gasteiger partial charge in [0.2, 0.25) is 0 Å². The summed E-state index contributed by atoms with van der Waals surface area (Å²) in [5.41, 5.74) is 5.16. The first-order valence-corrected chi connectivity index (χ1v) is 43.0. The maximum absolute atomic E-state index is 15.2. The van der Waals surface area contributed by atoms with Crippen LogP contribution in [0.2, 0.25) is 0 Å². The van der Waals surface area contributed by atoms with Crippen LogP contribution in [0, 0.1) is 69.0 Å². The Balaban J connectivity index is 0.00000496. The second-order valence-corrected chi connectivity index (χ2v) is 30.9. The standard InChI is InChI=1S/C88H120N2O12.4C2H6/c1-9-11-13-15-17-19-21-23-25-27-29-31-33-35-45-63(3)55-75(84(96)100-60-88(7,8)62-102-86(98)77(58-90)80-72-53-43-39-49-68(72)69-50-40-44-54-73(69)80)78(82(93)94)65(46-36-34-32-30-28-26-24-22-20-18-16-14-12-10-2)56-74(81(91)92)64(4)83(95)99-59-87(5,6)61-101-85(97)76(57-89)79-70-51-41-37-47-66(70)67-48-38-42-52-71(67)79;4*1-2/h37-44,47-54,63-65,74-75,78H,9-36,45-46,55-56,59-62H2,1-8H3,(H,91,92)(H,93,94);4*1-2H3. The molecule has 2 aliphatic rings. The Hall–Kier alpha value is -7.84. The maximum Gasteiger partial charge on any atom is 0.349 e. The van der Waals surface area contributed by atoms with Crippen molar-refractivity contribution < 1.29 is 57.9 Å². The lowest BCUT2D eigenvalue weighted by molar-refractivity contribution is -0.166. The van der Waals surface area contributed by atoms with Crippen LogP contribution < -0.4 is 0 Å². The lowest BCUT2D eigenvalue weighted by Gasteiger charge is -2.34. The Kier molecular flexibility index (Phi) is 50.4. The summed E-state index contributed by atoms with van der Waals surface area (Å²) in [6.45, 7) is 29.9. The second-order valence-electron chi connectivity index (χ2n) is 30.9. The lowest BCUT2D eigenvalue weighted by atomic mass is 9.70. The van der Waals surface area contributed by atoms with Crippen molar-refractivity contribution in [2.75, 3.05) is 26.4 Å². The number of carbonyl (C=O) groups is 6. The first-order valence-electron chi connectivity index (χ1n) is 43.0. The minimum Gasteiger partial charge on any atom is -0.481 e. The number of fused-ring (bicyclic) bond motifs is 6. The van der Waals surface area contributed by atoms with E-state index in [1.54, 1.807) is 27.7 Å². The van der Waals surface area contributed by atoms with E-state index < -0.39 is 76.2 Å². The van der Waals surface area contributed by atoms with Crippen molar-refractivity contribution in [1.29, 1.82) is 10.5 Å². The number of benzene rings is 4.